The Morgan fingerprint density at radius 3 is 2.71 bits per heavy atom. The molecule has 146 valence electrons. The molecule has 0 spiro atoms. The van der Waals surface area contributed by atoms with Gasteiger partial charge in [-0.25, -0.2) is 0 Å². The fourth-order valence-corrected chi connectivity index (χ4v) is 4.29. The van der Waals surface area contributed by atoms with Crippen molar-refractivity contribution >= 4 is 0 Å². The van der Waals surface area contributed by atoms with Crippen LogP contribution in [0.25, 0.3) is 22.4 Å². The number of nitrogens with one attached hydrogen (secondary N) is 1. The number of H-pyrrole nitrogens is 1. The van der Waals surface area contributed by atoms with E-state index in [0.717, 1.165) is 53.9 Å². The Labute approximate surface area is 165 Å². The third-order valence-electron chi connectivity index (χ3n) is 5.99. The number of pyridine rings is 2. The lowest BCUT2D eigenvalue weighted by Gasteiger charge is -2.30. The van der Waals surface area contributed by atoms with Crippen LogP contribution in [0.2, 0.25) is 0 Å². The fourth-order valence-electron chi connectivity index (χ4n) is 4.29. The molecule has 0 fully saturated rings. The summed E-state index contributed by atoms with van der Waals surface area (Å²) in [4.78, 5) is 20.0. The lowest BCUT2D eigenvalue weighted by molar-refractivity contribution is 0.305. The molecule has 0 saturated carbocycles. The van der Waals surface area contributed by atoms with Crippen molar-refractivity contribution in [3.63, 3.8) is 0 Å². The predicted octanol–water partition coefficient (Wildman–Crippen LogP) is 4.45. The van der Waals surface area contributed by atoms with Crippen LogP contribution in [0.5, 0.6) is 0 Å². The number of fused-ring (bicyclic) bond motifs is 1. The van der Waals surface area contributed by atoms with Crippen molar-refractivity contribution < 1.29 is 0 Å². The number of hydrogen-bond acceptors (Lipinski definition) is 3. The molecule has 1 aliphatic carbocycles. The monoisotopic (exact) mass is 376 g/mol. The van der Waals surface area contributed by atoms with Crippen molar-refractivity contribution in [2.75, 3.05) is 0 Å². The second-order valence-electron chi connectivity index (χ2n) is 8.67. The third kappa shape index (κ3) is 3.09. The number of rotatable bonds is 3. The van der Waals surface area contributed by atoms with E-state index in [0.29, 0.717) is 11.0 Å². The van der Waals surface area contributed by atoms with Crippen LogP contribution >= 0.6 is 0 Å². The minimum absolute atomic E-state index is 0.0812. The Morgan fingerprint density at radius 1 is 1.21 bits per heavy atom. The summed E-state index contributed by atoms with van der Waals surface area (Å²) in [7, 11) is 0. The largest absolute Gasteiger partial charge is 0.325 e. The third-order valence-corrected chi connectivity index (χ3v) is 5.99. The normalized spacial score (nSPS) is 15.5. The molecule has 0 amide bonds. The van der Waals surface area contributed by atoms with Gasteiger partial charge in [0.05, 0.1) is 5.69 Å². The summed E-state index contributed by atoms with van der Waals surface area (Å²) in [5.41, 5.74) is 8.37. The molecule has 5 nitrogen and oxygen atoms in total. The number of aryl methyl sites for hydroxylation is 3. The highest BCUT2D eigenvalue weighted by Gasteiger charge is 2.31. The zero-order valence-corrected chi connectivity index (χ0v) is 17.4. The smallest absolute Gasteiger partial charge is 0.256 e. The molecule has 0 saturated heterocycles. The van der Waals surface area contributed by atoms with E-state index in [1.807, 2.05) is 26.0 Å². The SMILES string of the molecule is CCn1nc(-c2cc(-c3cnccc3C)c(=O)[nH]c2C)c2c1CC(C)(C)CC2. The summed E-state index contributed by atoms with van der Waals surface area (Å²) >= 11 is 0. The van der Waals surface area contributed by atoms with Crippen molar-refractivity contribution in [3.05, 3.63) is 57.4 Å². The number of aromatic amines is 1. The number of hydrogen-bond donors (Lipinski definition) is 1. The van der Waals surface area contributed by atoms with E-state index in [-0.39, 0.29) is 5.56 Å². The van der Waals surface area contributed by atoms with Gasteiger partial charge in [0.2, 0.25) is 0 Å². The molecule has 0 aliphatic heterocycles. The van der Waals surface area contributed by atoms with Crippen molar-refractivity contribution in [2.45, 2.75) is 60.4 Å². The van der Waals surface area contributed by atoms with E-state index in [9.17, 15) is 4.79 Å². The second-order valence-corrected chi connectivity index (χ2v) is 8.67. The van der Waals surface area contributed by atoms with E-state index >= 15 is 0 Å². The molecule has 0 aromatic carbocycles. The van der Waals surface area contributed by atoms with E-state index in [2.05, 4.69) is 35.4 Å². The van der Waals surface area contributed by atoms with Crippen LogP contribution in [0.1, 0.15) is 49.7 Å². The maximum absolute atomic E-state index is 12.7. The first-order valence-corrected chi connectivity index (χ1v) is 10.0. The molecule has 0 atom stereocenters. The minimum atomic E-state index is -0.0812. The van der Waals surface area contributed by atoms with Crippen LogP contribution in [0.4, 0.5) is 0 Å². The van der Waals surface area contributed by atoms with Gasteiger partial charge >= 0.3 is 0 Å². The topological polar surface area (TPSA) is 63.6 Å². The average molecular weight is 377 g/mol. The first-order valence-electron chi connectivity index (χ1n) is 10.0. The quantitative estimate of drug-likeness (QED) is 0.734. The number of aromatic nitrogens is 4. The first-order chi connectivity index (χ1) is 13.3. The van der Waals surface area contributed by atoms with Gasteiger partial charge in [-0.05, 0) is 63.1 Å². The van der Waals surface area contributed by atoms with Crippen LogP contribution in [0.3, 0.4) is 0 Å². The maximum Gasteiger partial charge on any atom is 0.256 e. The Hall–Kier alpha value is -2.69. The van der Waals surface area contributed by atoms with E-state index in [4.69, 9.17) is 5.10 Å². The Morgan fingerprint density at radius 2 is 2.00 bits per heavy atom. The average Bonchev–Trinajstić information content (AvgIpc) is 2.99. The van der Waals surface area contributed by atoms with Crippen molar-refractivity contribution in [1.82, 2.24) is 19.7 Å². The molecule has 3 heterocycles. The summed E-state index contributed by atoms with van der Waals surface area (Å²) in [6.45, 7) is 11.6. The van der Waals surface area contributed by atoms with Crippen molar-refractivity contribution in [2.24, 2.45) is 5.41 Å². The molecule has 1 N–H and O–H groups in total. The second kappa shape index (κ2) is 6.73. The predicted molar refractivity (Wildman–Crippen MR) is 112 cm³/mol. The molecule has 3 aromatic heterocycles. The minimum Gasteiger partial charge on any atom is -0.325 e. The van der Waals surface area contributed by atoms with E-state index in [1.165, 1.54) is 11.3 Å². The van der Waals surface area contributed by atoms with E-state index in [1.54, 1.807) is 12.4 Å². The summed E-state index contributed by atoms with van der Waals surface area (Å²) in [6.07, 6.45) is 6.74. The first kappa shape index (κ1) is 18.7. The highest BCUT2D eigenvalue weighted by molar-refractivity contribution is 5.75. The van der Waals surface area contributed by atoms with Gasteiger partial charge in [-0.3, -0.25) is 14.5 Å². The highest BCUT2D eigenvalue weighted by atomic mass is 16.1. The van der Waals surface area contributed by atoms with Crippen LogP contribution in [0, 0.1) is 19.3 Å². The molecule has 5 heteroatoms. The Bertz CT molecular complexity index is 1100. The summed E-state index contributed by atoms with van der Waals surface area (Å²) in [5.74, 6) is 0. The van der Waals surface area contributed by atoms with Gasteiger partial charge in [-0.1, -0.05) is 13.8 Å². The fraction of sp³-hybridized carbons (Fsp3) is 0.435. The lowest BCUT2D eigenvalue weighted by Crippen LogP contribution is -2.24. The van der Waals surface area contributed by atoms with Gasteiger partial charge in [0, 0.05) is 52.6 Å². The Balaban J connectivity index is 1.92. The lowest BCUT2D eigenvalue weighted by atomic mass is 9.76. The molecule has 28 heavy (non-hydrogen) atoms. The molecular weight excluding hydrogens is 348 g/mol. The molecule has 0 bridgehead atoms. The summed E-state index contributed by atoms with van der Waals surface area (Å²) in [6, 6.07) is 3.94. The molecule has 0 radical (unpaired) electrons. The zero-order valence-electron chi connectivity index (χ0n) is 17.4. The Kier molecular flexibility index (Phi) is 4.48. The van der Waals surface area contributed by atoms with E-state index < -0.39 is 0 Å². The molecule has 3 aromatic rings. The highest BCUT2D eigenvalue weighted by Crippen LogP contribution is 2.40. The van der Waals surface area contributed by atoms with Crippen LogP contribution in [-0.4, -0.2) is 19.7 Å². The van der Waals surface area contributed by atoms with Crippen molar-refractivity contribution in [3.8, 4) is 22.4 Å². The van der Waals surface area contributed by atoms with Gasteiger partial charge in [0.25, 0.3) is 5.56 Å². The van der Waals surface area contributed by atoms with Crippen molar-refractivity contribution in [1.29, 1.82) is 0 Å². The molecule has 4 rings (SSSR count). The van der Waals surface area contributed by atoms with Crippen LogP contribution in [0.15, 0.2) is 29.3 Å². The van der Waals surface area contributed by atoms with Gasteiger partial charge in [0.1, 0.15) is 0 Å². The van der Waals surface area contributed by atoms with Gasteiger partial charge < -0.3 is 4.98 Å². The van der Waals surface area contributed by atoms with Crippen LogP contribution in [-0.2, 0) is 19.4 Å². The van der Waals surface area contributed by atoms with Gasteiger partial charge in [0.15, 0.2) is 0 Å². The van der Waals surface area contributed by atoms with Gasteiger partial charge in [-0.2, -0.15) is 5.10 Å². The molecule has 1 aliphatic rings. The molecule has 0 unspecified atom stereocenters. The molecular formula is C23H28N4O. The maximum atomic E-state index is 12.7. The van der Waals surface area contributed by atoms with Gasteiger partial charge in [-0.15, -0.1) is 0 Å². The van der Waals surface area contributed by atoms with Crippen LogP contribution < -0.4 is 5.56 Å². The summed E-state index contributed by atoms with van der Waals surface area (Å²) < 4.78 is 2.14. The standard InChI is InChI=1S/C23H28N4O/c1-6-27-20-12-23(4,5)9-7-16(20)21(26-27)17-11-18(22(28)25-15(17)3)19-13-24-10-8-14(19)2/h8,10-11,13H,6-7,9,12H2,1-5H3,(H,25,28). The summed E-state index contributed by atoms with van der Waals surface area (Å²) in [5, 5.41) is 4.97. The number of nitrogens with zero attached hydrogens (tertiary/aromatic N) is 3. The zero-order chi connectivity index (χ0) is 20.1.